The molecular formula is C16H27NO4. The first-order valence-electron chi connectivity index (χ1n) is 7.45. The average Bonchev–Trinajstić information content (AvgIpc) is 2.55. The van der Waals surface area contributed by atoms with E-state index < -0.39 is 11.6 Å². The van der Waals surface area contributed by atoms with Gasteiger partial charge >= 0.3 is 0 Å². The van der Waals surface area contributed by atoms with Crippen molar-refractivity contribution in [1.29, 1.82) is 0 Å². The molecule has 0 saturated heterocycles. The molecule has 1 unspecified atom stereocenters. The Balaban J connectivity index is 2.41. The molecule has 1 aromatic rings. The summed E-state index contributed by atoms with van der Waals surface area (Å²) in [6.45, 7) is 4.02. The van der Waals surface area contributed by atoms with Crippen LogP contribution in [-0.4, -0.2) is 53.3 Å². The molecule has 0 bridgehead atoms. The van der Waals surface area contributed by atoms with Gasteiger partial charge in [-0.25, -0.2) is 0 Å². The van der Waals surface area contributed by atoms with E-state index >= 15 is 0 Å². The van der Waals surface area contributed by atoms with E-state index in [9.17, 15) is 15.3 Å². The molecule has 4 N–H and O–H groups in total. The summed E-state index contributed by atoms with van der Waals surface area (Å²) in [4.78, 5) is 0. The van der Waals surface area contributed by atoms with Gasteiger partial charge in [-0.1, -0.05) is 26.0 Å². The van der Waals surface area contributed by atoms with Gasteiger partial charge in [0.15, 0.2) is 0 Å². The van der Waals surface area contributed by atoms with E-state index in [1.165, 1.54) is 5.56 Å². The van der Waals surface area contributed by atoms with Crippen molar-refractivity contribution in [1.82, 2.24) is 5.32 Å². The predicted octanol–water partition coefficient (Wildman–Crippen LogP) is 0.712. The Bertz CT molecular complexity index is 399. The Labute approximate surface area is 126 Å². The zero-order chi connectivity index (χ0) is 15.7. The van der Waals surface area contributed by atoms with Gasteiger partial charge in [0.1, 0.15) is 18.5 Å². The number of aliphatic hydroxyl groups is 3. The van der Waals surface area contributed by atoms with Crippen LogP contribution in [0.2, 0.25) is 0 Å². The van der Waals surface area contributed by atoms with Crippen LogP contribution in [0.4, 0.5) is 0 Å². The average molecular weight is 297 g/mol. The van der Waals surface area contributed by atoms with Crippen LogP contribution in [0, 0.1) is 0 Å². The third kappa shape index (κ3) is 5.63. The Morgan fingerprint density at radius 1 is 1.24 bits per heavy atom. The number of aliphatic hydroxyl groups excluding tert-OH is 3. The Hall–Kier alpha value is -1.14. The number of ether oxygens (including phenoxy) is 1. The van der Waals surface area contributed by atoms with Gasteiger partial charge < -0.3 is 25.4 Å². The molecule has 1 atom stereocenters. The van der Waals surface area contributed by atoms with E-state index in [1.54, 1.807) is 0 Å². The first-order chi connectivity index (χ1) is 10.1. The zero-order valence-corrected chi connectivity index (χ0v) is 12.9. The highest BCUT2D eigenvalue weighted by atomic mass is 16.5. The lowest BCUT2D eigenvalue weighted by Crippen LogP contribution is -2.54. The summed E-state index contributed by atoms with van der Waals surface area (Å²) in [5.74, 6) is 0.736. The normalized spacial score (nSPS) is 13.2. The molecule has 21 heavy (non-hydrogen) atoms. The minimum atomic E-state index is -0.747. The fourth-order valence-corrected chi connectivity index (χ4v) is 1.95. The predicted molar refractivity (Wildman–Crippen MR) is 82.5 cm³/mol. The van der Waals surface area contributed by atoms with Crippen molar-refractivity contribution in [2.45, 2.75) is 38.3 Å². The Kier molecular flexibility index (Phi) is 7.67. The van der Waals surface area contributed by atoms with E-state index in [0.29, 0.717) is 6.42 Å². The van der Waals surface area contributed by atoms with Crippen LogP contribution >= 0.6 is 0 Å². The standard InChI is InChI=1S/C16H27NO4/c1-3-13-6-5-7-15(8-13)21-10-14(20)9-17-16(4-2,11-18)12-19/h5-8,14,17-20H,3-4,9-12H2,1-2H3. The summed E-state index contributed by atoms with van der Waals surface area (Å²) >= 11 is 0. The number of nitrogens with one attached hydrogen (secondary N) is 1. The summed E-state index contributed by atoms with van der Waals surface area (Å²) in [6.07, 6.45) is 0.804. The number of β-amino-alcohol motifs (C(OH)–C–C–N with tert-alkyl or cyclic N) is 1. The number of aryl methyl sites for hydroxylation is 1. The molecule has 0 aliphatic heterocycles. The second-order valence-corrected chi connectivity index (χ2v) is 5.30. The van der Waals surface area contributed by atoms with Crippen molar-refractivity contribution in [3.8, 4) is 5.75 Å². The summed E-state index contributed by atoms with van der Waals surface area (Å²) in [5, 5.41) is 31.6. The van der Waals surface area contributed by atoms with Crippen LogP contribution in [0.5, 0.6) is 5.75 Å². The molecule has 0 fully saturated rings. The summed E-state index contributed by atoms with van der Waals surface area (Å²) in [7, 11) is 0. The Morgan fingerprint density at radius 2 is 1.95 bits per heavy atom. The van der Waals surface area contributed by atoms with Crippen molar-refractivity contribution in [2.24, 2.45) is 0 Å². The van der Waals surface area contributed by atoms with Crippen LogP contribution < -0.4 is 10.1 Å². The second-order valence-electron chi connectivity index (χ2n) is 5.30. The third-order valence-electron chi connectivity index (χ3n) is 3.74. The van der Waals surface area contributed by atoms with Crippen molar-refractivity contribution >= 4 is 0 Å². The fourth-order valence-electron chi connectivity index (χ4n) is 1.95. The first kappa shape index (κ1) is 17.9. The molecule has 0 aromatic heterocycles. The lowest BCUT2D eigenvalue weighted by atomic mass is 9.98. The van der Waals surface area contributed by atoms with E-state index in [0.717, 1.165) is 12.2 Å². The molecule has 0 radical (unpaired) electrons. The van der Waals surface area contributed by atoms with Crippen LogP contribution in [0.25, 0.3) is 0 Å². The van der Waals surface area contributed by atoms with Crippen molar-refractivity contribution < 1.29 is 20.1 Å². The van der Waals surface area contributed by atoms with Gasteiger partial charge in [0.05, 0.1) is 18.8 Å². The van der Waals surface area contributed by atoms with Crippen LogP contribution in [0.3, 0.4) is 0 Å². The molecule has 5 heteroatoms. The number of benzene rings is 1. The van der Waals surface area contributed by atoms with Gasteiger partial charge in [-0.15, -0.1) is 0 Å². The topological polar surface area (TPSA) is 82.0 Å². The van der Waals surface area contributed by atoms with E-state index in [1.807, 2.05) is 31.2 Å². The molecular weight excluding hydrogens is 270 g/mol. The molecule has 1 rings (SSSR count). The van der Waals surface area contributed by atoms with E-state index in [4.69, 9.17) is 4.74 Å². The maximum atomic E-state index is 9.94. The smallest absolute Gasteiger partial charge is 0.119 e. The third-order valence-corrected chi connectivity index (χ3v) is 3.74. The molecule has 0 heterocycles. The summed E-state index contributed by atoms with van der Waals surface area (Å²) < 4.78 is 5.56. The highest BCUT2D eigenvalue weighted by molar-refractivity contribution is 5.28. The highest BCUT2D eigenvalue weighted by Gasteiger charge is 2.26. The van der Waals surface area contributed by atoms with Gasteiger partial charge in [-0.2, -0.15) is 0 Å². The van der Waals surface area contributed by atoms with Crippen LogP contribution in [0.15, 0.2) is 24.3 Å². The maximum absolute atomic E-state index is 9.94. The molecule has 0 spiro atoms. The van der Waals surface area contributed by atoms with Crippen molar-refractivity contribution in [2.75, 3.05) is 26.4 Å². The lowest BCUT2D eigenvalue weighted by Gasteiger charge is -2.30. The van der Waals surface area contributed by atoms with Gasteiger partial charge in [0.25, 0.3) is 0 Å². The molecule has 0 aliphatic rings. The molecule has 0 saturated carbocycles. The molecule has 0 aliphatic carbocycles. The Morgan fingerprint density at radius 3 is 2.52 bits per heavy atom. The maximum Gasteiger partial charge on any atom is 0.119 e. The number of rotatable bonds is 10. The van der Waals surface area contributed by atoms with Gasteiger partial charge in [0.2, 0.25) is 0 Å². The van der Waals surface area contributed by atoms with Crippen LogP contribution in [0.1, 0.15) is 25.8 Å². The van der Waals surface area contributed by atoms with Gasteiger partial charge in [-0.05, 0) is 30.5 Å². The number of hydrogen-bond acceptors (Lipinski definition) is 5. The van der Waals surface area contributed by atoms with Gasteiger partial charge in [0, 0.05) is 6.54 Å². The van der Waals surface area contributed by atoms with E-state index in [2.05, 4.69) is 12.2 Å². The summed E-state index contributed by atoms with van der Waals surface area (Å²) in [6, 6.07) is 7.77. The van der Waals surface area contributed by atoms with E-state index in [-0.39, 0.29) is 26.4 Å². The van der Waals surface area contributed by atoms with Gasteiger partial charge in [-0.3, -0.25) is 0 Å². The number of hydrogen-bond donors (Lipinski definition) is 4. The molecule has 5 nitrogen and oxygen atoms in total. The fraction of sp³-hybridized carbons (Fsp3) is 0.625. The lowest BCUT2D eigenvalue weighted by molar-refractivity contribution is 0.0568. The SMILES string of the molecule is CCc1cccc(OCC(O)CNC(CC)(CO)CO)c1. The second kappa shape index (κ2) is 9.00. The first-order valence-corrected chi connectivity index (χ1v) is 7.45. The largest absolute Gasteiger partial charge is 0.491 e. The quantitative estimate of drug-likeness (QED) is 0.511. The molecule has 120 valence electrons. The highest BCUT2D eigenvalue weighted by Crippen LogP contribution is 2.14. The molecule has 1 aromatic carbocycles. The van der Waals surface area contributed by atoms with Crippen molar-refractivity contribution in [3.63, 3.8) is 0 Å². The monoisotopic (exact) mass is 297 g/mol. The summed E-state index contributed by atoms with van der Waals surface area (Å²) in [5.41, 5.74) is 0.439. The molecule has 0 amide bonds. The van der Waals surface area contributed by atoms with Crippen LogP contribution in [-0.2, 0) is 6.42 Å². The minimum absolute atomic E-state index is 0.164. The zero-order valence-electron chi connectivity index (χ0n) is 12.9. The minimum Gasteiger partial charge on any atom is -0.491 e. The van der Waals surface area contributed by atoms with Crippen molar-refractivity contribution in [3.05, 3.63) is 29.8 Å².